The molecule has 3 rings (SSSR count). The monoisotopic (exact) mass is 402 g/mol. The van der Waals surface area contributed by atoms with Crippen molar-refractivity contribution in [1.82, 2.24) is 9.71 Å². The lowest BCUT2D eigenvalue weighted by molar-refractivity contribution is 0.0467. The van der Waals surface area contributed by atoms with Crippen molar-refractivity contribution in [3.05, 3.63) is 59.3 Å². The molecule has 2 aromatic heterocycles. The minimum Gasteiger partial charge on any atom is -0.455 e. The number of nitrogens with zero attached hydrogens (tertiary/aromatic N) is 1. The van der Waals surface area contributed by atoms with Gasteiger partial charge in [-0.2, -0.15) is 4.72 Å². The maximum Gasteiger partial charge on any atom is 0.338 e. The SMILES string of the molecule is C#CCNS(=O)(=O)c1ccc(C(=O)OCc2coc(-c3cccs3)n2)cc1. The zero-order valence-electron chi connectivity index (χ0n) is 13.9. The molecule has 0 fully saturated rings. The van der Waals surface area contributed by atoms with Gasteiger partial charge in [0.05, 0.1) is 21.9 Å². The Labute approximate surface area is 160 Å². The molecular weight excluding hydrogens is 388 g/mol. The van der Waals surface area contributed by atoms with Gasteiger partial charge in [-0.1, -0.05) is 12.0 Å². The molecule has 3 aromatic rings. The maximum absolute atomic E-state index is 12.1. The smallest absolute Gasteiger partial charge is 0.338 e. The van der Waals surface area contributed by atoms with Crippen LogP contribution in [0.2, 0.25) is 0 Å². The fraction of sp³-hybridized carbons (Fsp3) is 0.111. The zero-order valence-corrected chi connectivity index (χ0v) is 15.5. The minimum atomic E-state index is -3.70. The average Bonchev–Trinajstić information content (AvgIpc) is 3.36. The highest BCUT2D eigenvalue weighted by molar-refractivity contribution is 7.89. The Hall–Kier alpha value is -2.93. The van der Waals surface area contributed by atoms with E-state index in [2.05, 4.69) is 15.6 Å². The molecule has 0 aliphatic carbocycles. The van der Waals surface area contributed by atoms with Crippen molar-refractivity contribution in [1.29, 1.82) is 0 Å². The minimum absolute atomic E-state index is 0.00592. The third-order valence-corrected chi connectivity index (χ3v) is 5.67. The summed E-state index contributed by atoms with van der Waals surface area (Å²) in [7, 11) is -3.70. The number of carbonyl (C=O) groups is 1. The van der Waals surface area contributed by atoms with Crippen LogP contribution in [0.15, 0.2) is 57.4 Å². The molecule has 0 aliphatic rings. The van der Waals surface area contributed by atoms with Crippen LogP contribution in [-0.2, 0) is 21.4 Å². The van der Waals surface area contributed by atoms with Crippen LogP contribution in [0.3, 0.4) is 0 Å². The quantitative estimate of drug-likeness (QED) is 0.482. The zero-order chi connectivity index (χ0) is 19.3. The van der Waals surface area contributed by atoms with Crippen LogP contribution in [0.5, 0.6) is 0 Å². The molecule has 0 unspecified atom stereocenters. The van der Waals surface area contributed by atoms with E-state index in [9.17, 15) is 13.2 Å². The first-order valence-corrected chi connectivity index (χ1v) is 10.0. The van der Waals surface area contributed by atoms with Gasteiger partial charge in [0.2, 0.25) is 15.9 Å². The first-order chi connectivity index (χ1) is 13.0. The first-order valence-electron chi connectivity index (χ1n) is 7.68. The van der Waals surface area contributed by atoms with Crippen LogP contribution >= 0.6 is 11.3 Å². The van der Waals surface area contributed by atoms with Gasteiger partial charge in [0.25, 0.3) is 0 Å². The van der Waals surface area contributed by atoms with E-state index in [4.69, 9.17) is 15.6 Å². The van der Waals surface area contributed by atoms with Gasteiger partial charge < -0.3 is 9.15 Å². The van der Waals surface area contributed by atoms with E-state index in [0.29, 0.717) is 11.6 Å². The molecule has 0 bridgehead atoms. The van der Waals surface area contributed by atoms with Crippen LogP contribution in [0.1, 0.15) is 16.1 Å². The molecular formula is C18H14N2O5S2. The molecule has 9 heteroatoms. The fourth-order valence-electron chi connectivity index (χ4n) is 2.10. The summed E-state index contributed by atoms with van der Waals surface area (Å²) < 4.78 is 36.7. The number of oxazole rings is 1. The summed E-state index contributed by atoms with van der Waals surface area (Å²) in [6.45, 7) is -0.172. The number of aromatic nitrogens is 1. The van der Waals surface area contributed by atoms with Crippen molar-refractivity contribution < 1.29 is 22.4 Å². The van der Waals surface area contributed by atoms with Crippen LogP contribution in [0.4, 0.5) is 0 Å². The molecule has 1 aromatic carbocycles. The second kappa shape index (κ2) is 8.18. The number of esters is 1. The van der Waals surface area contributed by atoms with Gasteiger partial charge in [0, 0.05) is 0 Å². The van der Waals surface area contributed by atoms with Crippen molar-refractivity contribution in [2.75, 3.05) is 6.54 Å². The number of rotatable bonds is 7. The summed E-state index contributed by atoms with van der Waals surface area (Å²) in [6, 6.07) is 9.11. The van der Waals surface area contributed by atoms with E-state index in [1.54, 1.807) is 0 Å². The van der Waals surface area contributed by atoms with E-state index in [-0.39, 0.29) is 23.6 Å². The van der Waals surface area contributed by atoms with Gasteiger partial charge in [-0.15, -0.1) is 17.8 Å². The second-order valence-corrected chi connectivity index (χ2v) is 7.97. The van der Waals surface area contributed by atoms with Crippen molar-refractivity contribution in [2.45, 2.75) is 11.5 Å². The van der Waals surface area contributed by atoms with Crippen LogP contribution in [-0.4, -0.2) is 25.9 Å². The van der Waals surface area contributed by atoms with Gasteiger partial charge in [-0.25, -0.2) is 18.2 Å². The standard InChI is InChI=1S/C18H14N2O5S2/c1-2-9-19-27(22,23)15-7-5-13(6-8-15)18(21)25-12-14-11-24-17(20-14)16-4-3-10-26-16/h1,3-8,10-11,19H,9,12H2. The second-order valence-electron chi connectivity index (χ2n) is 5.25. The van der Waals surface area contributed by atoms with E-state index in [1.165, 1.54) is 41.9 Å². The highest BCUT2D eigenvalue weighted by atomic mass is 32.2. The molecule has 7 nitrogen and oxygen atoms in total. The number of carbonyl (C=O) groups excluding carboxylic acids is 1. The van der Waals surface area contributed by atoms with Crippen LogP contribution in [0.25, 0.3) is 10.8 Å². The first kappa shape index (κ1) is 18.8. The predicted molar refractivity (Wildman–Crippen MR) is 99.4 cm³/mol. The Bertz CT molecular complexity index is 1060. The fourth-order valence-corrected chi connectivity index (χ4v) is 3.69. The van der Waals surface area contributed by atoms with E-state index in [0.717, 1.165) is 4.88 Å². The molecule has 0 amide bonds. The average molecular weight is 402 g/mol. The Kier molecular flexibility index (Phi) is 5.71. The predicted octanol–water partition coefficient (Wildman–Crippen LogP) is 2.67. The van der Waals surface area contributed by atoms with E-state index < -0.39 is 16.0 Å². The number of thiophene rings is 1. The number of hydrogen-bond acceptors (Lipinski definition) is 7. The summed E-state index contributed by atoms with van der Waals surface area (Å²) in [5, 5.41) is 1.91. The van der Waals surface area contributed by atoms with Crippen LogP contribution in [0, 0.1) is 12.3 Å². The van der Waals surface area contributed by atoms with Gasteiger partial charge >= 0.3 is 5.97 Å². The molecule has 0 saturated carbocycles. The number of ether oxygens (including phenoxy) is 1. The highest BCUT2D eigenvalue weighted by Gasteiger charge is 2.15. The summed E-state index contributed by atoms with van der Waals surface area (Å²) in [6.07, 6.45) is 6.46. The van der Waals surface area contributed by atoms with Crippen molar-refractivity contribution >= 4 is 27.3 Å². The lowest BCUT2D eigenvalue weighted by atomic mass is 10.2. The maximum atomic E-state index is 12.1. The summed E-state index contributed by atoms with van der Waals surface area (Å²) >= 11 is 1.49. The summed E-state index contributed by atoms with van der Waals surface area (Å²) in [5.41, 5.74) is 0.692. The Morgan fingerprint density at radius 2 is 2.07 bits per heavy atom. The molecule has 0 saturated heterocycles. The number of hydrogen-bond donors (Lipinski definition) is 1. The van der Waals surface area contributed by atoms with Crippen LogP contribution < -0.4 is 4.72 Å². The van der Waals surface area contributed by atoms with Crippen molar-refractivity contribution in [2.24, 2.45) is 0 Å². The van der Waals surface area contributed by atoms with Gasteiger partial charge in [0.1, 0.15) is 18.6 Å². The van der Waals surface area contributed by atoms with E-state index >= 15 is 0 Å². The van der Waals surface area contributed by atoms with Crippen molar-refractivity contribution in [3.8, 4) is 23.1 Å². The number of terminal acetylenes is 1. The Morgan fingerprint density at radius 1 is 1.30 bits per heavy atom. The normalized spacial score (nSPS) is 11.1. The molecule has 2 heterocycles. The Morgan fingerprint density at radius 3 is 2.74 bits per heavy atom. The van der Waals surface area contributed by atoms with E-state index in [1.807, 2.05) is 17.5 Å². The lowest BCUT2D eigenvalue weighted by Gasteiger charge is -2.06. The lowest BCUT2D eigenvalue weighted by Crippen LogP contribution is -2.23. The Balaban J connectivity index is 1.61. The van der Waals surface area contributed by atoms with Gasteiger partial charge in [0.15, 0.2) is 0 Å². The topological polar surface area (TPSA) is 98.5 Å². The number of benzene rings is 1. The van der Waals surface area contributed by atoms with Crippen molar-refractivity contribution in [3.63, 3.8) is 0 Å². The largest absolute Gasteiger partial charge is 0.455 e. The highest BCUT2D eigenvalue weighted by Crippen LogP contribution is 2.23. The molecule has 138 valence electrons. The third-order valence-electron chi connectivity index (χ3n) is 3.40. The molecule has 0 radical (unpaired) electrons. The molecule has 0 spiro atoms. The number of sulfonamides is 1. The number of nitrogens with one attached hydrogen (secondary N) is 1. The van der Waals surface area contributed by atoms with Gasteiger partial charge in [-0.3, -0.25) is 0 Å². The summed E-state index contributed by atoms with van der Waals surface area (Å²) in [5.74, 6) is 2.05. The summed E-state index contributed by atoms with van der Waals surface area (Å²) in [4.78, 5) is 17.3. The third kappa shape index (κ3) is 4.62. The molecule has 0 atom stereocenters. The van der Waals surface area contributed by atoms with Gasteiger partial charge in [-0.05, 0) is 35.7 Å². The molecule has 0 aliphatic heterocycles. The molecule has 1 N–H and O–H groups in total. The molecule has 27 heavy (non-hydrogen) atoms.